The van der Waals surface area contributed by atoms with Gasteiger partial charge in [-0.3, -0.25) is 14.5 Å². The molecule has 1 aliphatic rings. The molecule has 0 fully saturated rings. The normalized spacial score (nSPS) is 15.2. The van der Waals surface area contributed by atoms with Gasteiger partial charge in [0.2, 0.25) is 11.8 Å². The number of hydrogen-bond donors (Lipinski definition) is 2. The molecule has 4 rings (SSSR count). The highest BCUT2D eigenvalue weighted by Gasteiger charge is 2.31. The van der Waals surface area contributed by atoms with Crippen LogP contribution >= 0.6 is 0 Å². The van der Waals surface area contributed by atoms with Gasteiger partial charge < -0.3 is 20.1 Å². The smallest absolute Gasteiger partial charge is 0.238 e. The van der Waals surface area contributed by atoms with E-state index in [0.717, 1.165) is 24.1 Å². The van der Waals surface area contributed by atoms with Crippen LogP contribution in [0.2, 0.25) is 0 Å². The number of hydrogen-bond acceptors (Lipinski definition) is 5. The fourth-order valence-electron chi connectivity index (χ4n) is 4.46. The lowest BCUT2D eigenvalue weighted by molar-refractivity contribution is -0.118. The van der Waals surface area contributed by atoms with Crippen LogP contribution in [0.25, 0.3) is 0 Å². The molecule has 2 amide bonds. The largest absolute Gasteiger partial charge is 0.493 e. The van der Waals surface area contributed by atoms with E-state index in [1.54, 1.807) is 38.5 Å². The van der Waals surface area contributed by atoms with Gasteiger partial charge in [-0.2, -0.15) is 0 Å². The Kier molecular flexibility index (Phi) is 7.13. The first-order valence-electron chi connectivity index (χ1n) is 11.2. The number of nitrogens with zero attached hydrogens (tertiary/aromatic N) is 1. The monoisotopic (exact) mass is 459 g/mol. The molecule has 0 bridgehead atoms. The van der Waals surface area contributed by atoms with Crippen molar-refractivity contribution < 1.29 is 19.1 Å². The van der Waals surface area contributed by atoms with Crippen molar-refractivity contribution in [3.05, 3.63) is 83.4 Å². The minimum absolute atomic E-state index is 0.0961. The molecule has 1 atom stereocenters. The Labute approximate surface area is 199 Å². The third-order valence-electron chi connectivity index (χ3n) is 5.90. The van der Waals surface area contributed by atoms with E-state index in [4.69, 9.17) is 9.47 Å². The first kappa shape index (κ1) is 23.3. The van der Waals surface area contributed by atoms with E-state index in [1.807, 2.05) is 30.3 Å². The molecule has 1 unspecified atom stereocenters. The summed E-state index contributed by atoms with van der Waals surface area (Å²) in [5.41, 5.74) is 4.68. The van der Waals surface area contributed by atoms with Crippen molar-refractivity contribution >= 4 is 23.2 Å². The lowest BCUT2D eigenvalue weighted by Crippen LogP contribution is -2.41. The van der Waals surface area contributed by atoms with Gasteiger partial charge in [-0.15, -0.1) is 0 Å². The minimum Gasteiger partial charge on any atom is -0.493 e. The van der Waals surface area contributed by atoms with Crippen molar-refractivity contribution in [1.82, 2.24) is 4.90 Å². The Morgan fingerprint density at radius 1 is 0.912 bits per heavy atom. The van der Waals surface area contributed by atoms with Crippen LogP contribution in [0.3, 0.4) is 0 Å². The molecule has 7 heteroatoms. The third kappa shape index (κ3) is 5.21. The van der Waals surface area contributed by atoms with Gasteiger partial charge in [-0.25, -0.2) is 0 Å². The SMILES string of the molecule is COc1cc2c(cc1OC)C(c1ccccc1)N(CC(=O)Nc1cccc(NC(C)=O)c1)CC2. The summed E-state index contributed by atoms with van der Waals surface area (Å²) in [5, 5.41) is 5.70. The van der Waals surface area contributed by atoms with E-state index in [-0.39, 0.29) is 24.4 Å². The molecule has 0 saturated heterocycles. The molecule has 0 saturated carbocycles. The zero-order valence-electron chi connectivity index (χ0n) is 19.6. The van der Waals surface area contributed by atoms with Crippen LogP contribution in [0.5, 0.6) is 11.5 Å². The first-order valence-corrected chi connectivity index (χ1v) is 11.2. The van der Waals surface area contributed by atoms with Crippen molar-refractivity contribution in [2.24, 2.45) is 0 Å². The summed E-state index contributed by atoms with van der Waals surface area (Å²) in [6.45, 7) is 2.40. The summed E-state index contributed by atoms with van der Waals surface area (Å²) < 4.78 is 11.1. The number of nitrogens with one attached hydrogen (secondary N) is 2. The molecule has 176 valence electrons. The maximum Gasteiger partial charge on any atom is 0.238 e. The molecular formula is C27H29N3O4. The number of amides is 2. The standard InChI is InChI=1S/C27H29N3O4/c1-18(31)28-21-10-7-11-22(15-21)29-26(32)17-30-13-12-20-14-24(33-2)25(34-3)16-23(20)27(30)19-8-5-4-6-9-19/h4-11,14-16,27H,12-13,17H2,1-3H3,(H,28,31)(H,29,32). The van der Waals surface area contributed by atoms with E-state index in [1.165, 1.54) is 12.5 Å². The van der Waals surface area contributed by atoms with E-state index in [9.17, 15) is 9.59 Å². The molecule has 1 aliphatic heterocycles. The van der Waals surface area contributed by atoms with Gasteiger partial charge >= 0.3 is 0 Å². The molecule has 1 heterocycles. The molecule has 0 aliphatic carbocycles. The number of ether oxygens (including phenoxy) is 2. The summed E-state index contributed by atoms with van der Waals surface area (Å²) in [7, 11) is 3.27. The van der Waals surface area contributed by atoms with Crippen LogP contribution in [0, 0.1) is 0 Å². The van der Waals surface area contributed by atoms with Gasteiger partial charge in [-0.1, -0.05) is 36.4 Å². The molecule has 2 N–H and O–H groups in total. The maximum absolute atomic E-state index is 13.0. The second-order valence-electron chi connectivity index (χ2n) is 8.25. The van der Waals surface area contributed by atoms with Crippen molar-refractivity contribution in [2.75, 3.05) is 37.9 Å². The highest BCUT2D eigenvalue weighted by atomic mass is 16.5. The summed E-state index contributed by atoms with van der Waals surface area (Å²) >= 11 is 0. The van der Waals surface area contributed by atoms with E-state index >= 15 is 0 Å². The van der Waals surface area contributed by atoms with E-state index in [2.05, 4.69) is 27.7 Å². The number of carbonyl (C=O) groups is 2. The van der Waals surface area contributed by atoms with Crippen LogP contribution in [0.4, 0.5) is 11.4 Å². The number of fused-ring (bicyclic) bond motifs is 1. The zero-order chi connectivity index (χ0) is 24.1. The van der Waals surface area contributed by atoms with Crippen LogP contribution < -0.4 is 20.1 Å². The van der Waals surface area contributed by atoms with Crippen LogP contribution in [-0.2, 0) is 16.0 Å². The number of benzene rings is 3. The lowest BCUT2D eigenvalue weighted by atomic mass is 9.87. The second-order valence-corrected chi connectivity index (χ2v) is 8.25. The lowest BCUT2D eigenvalue weighted by Gasteiger charge is -2.37. The highest BCUT2D eigenvalue weighted by Crippen LogP contribution is 2.40. The predicted octanol–water partition coefficient (Wildman–Crippen LogP) is 4.25. The summed E-state index contributed by atoms with van der Waals surface area (Å²) in [6.07, 6.45) is 0.796. The average molecular weight is 460 g/mol. The molecule has 0 spiro atoms. The predicted molar refractivity (Wildman–Crippen MR) is 132 cm³/mol. The van der Waals surface area contributed by atoms with Gasteiger partial charge in [0.25, 0.3) is 0 Å². The highest BCUT2D eigenvalue weighted by molar-refractivity contribution is 5.94. The third-order valence-corrected chi connectivity index (χ3v) is 5.90. The Bertz CT molecular complexity index is 1180. The van der Waals surface area contributed by atoms with E-state index in [0.29, 0.717) is 22.9 Å². The summed E-state index contributed by atoms with van der Waals surface area (Å²) in [6, 6.07) is 21.3. The van der Waals surface area contributed by atoms with Gasteiger partial charge in [-0.05, 0) is 53.4 Å². The van der Waals surface area contributed by atoms with Crippen LogP contribution in [-0.4, -0.2) is 44.0 Å². The molecule has 0 aromatic heterocycles. The number of rotatable bonds is 7. The first-order chi connectivity index (χ1) is 16.5. The second kappa shape index (κ2) is 10.4. The van der Waals surface area contributed by atoms with Gasteiger partial charge in [0.1, 0.15) is 0 Å². The number of carbonyl (C=O) groups excluding carboxylic acids is 2. The summed E-state index contributed by atoms with van der Waals surface area (Å²) in [5.74, 6) is 1.10. The van der Waals surface area contributed by atoms with Crippen LogP contribution in [0.15, 0.2) is 66.7 Å². The number of anilines is 2. The van der Waals surface area contributed by atoms with E-state index < -0.39 is 0 Å². The Balaban J connectivity index is 1.60. The van der Waals surface area contributed by atoms with Crippen LogP contribution in [0.1, 0.15) is 29.7 Å². The van der Waals surface area contributed by atoms with Crippen molar-refractivity contribution in [2.45, 2.75) is 19.4 Å². The Morgan fingerprint density at radius 2 is 1.59 bits per heavy atom. The summed E-state index contributed by atoms with van der Waals surface area (Å²) in [4.78, 5) is 26.6. The Hall–Kier alpha value is -3.84. The number of methoxy groups -OCH3 is 2. The van der Waals surface area contributed by atoms with Gasteiger partial charge in [0.15, 0.2) is 11.5 Å². The fourth-order valence-corrected chi connectivity index (χ4v) is 4.46. The van der Waals surface area contributed by atoms with Gasteiger partial charge in [0.05, 0.1) is 26.8 Å². The average Bonchev–Trinajstić information content (AvgIpc) is 2.83. The van der Waals surface area contributed by atoms with Crippen molar-refractivity contribution in [3.63, 3.8) is 0 Å². The van der Waals surface area contributed by atoms with Crippen molar-refractivity contribution in [3.8, 4) is 11.5 Å². The molecule has 3 aromatic rings. The topological polar surface area (TPSA) is 79.9 Å². The molecule has 0 radical (unpaired) electrons. The molecule has 3 aromatic carbocycles. The molecule has 34 heavy (non-hydrogen) atoms. The maximum atomic E-state index is 13.0. The zero-order valence-corrected chi connectivity index (χ0v) is 19.6. The van der Waals surface area contributed by atoms with Crippen molar-refractivity contribution in [1.29, 1.82) is 0 Å². The quantitative estimate of drug-likeness (QED) is 0.552. The fraction of sp³-hybridized carbons (Fsp3) is 0.259. The molecule has 7 nitrogen and oxygen atoms in total. The Morgan fingerprint density at radius 3 is 2.26 bits per heavy atom. The molecular weight excluding hydrogens is 430 g/mol. The van der Waals surface area contributed by atoms with Gasteiger partial charge in [0, 0.05) is 24.8 Å². The minimum atomic E-state index is -0.159.